The van der Waals surface area contributed by atoms with Crippen molar-refractivity contribution in [1.29, 1.82) is 0 Å². The monoisotopic (exact) mass is 454 g/mol. The second-order valence-corrected chi connectivity index (χ2v) is 8.86. The fourth-order valence-corrected chi connectivity index (χ4v) is 5.26. The van der Waals surface area contributed by atoms with Gasteiger partial charge in [0.25, 0.3) is 0 Å². The zero-order chi connectivity index (χ0) is 23.5. The molecule has 0 radical (unpaired) electrons. The third-order valence-corrected chi connectivity index (χ3v) is 6.92. The number of fused-ring (bicyclic) bond motifs is 1. The molecule has 0 aliphatic carbocycles. The molecule has 5 nitrogen and oxygen atoms in total. The number of ketones is 1. The molecule has 0 saturated carbocycles. The van der Waals surface area contributed by atoms with Crippen molar-refractivity contribution in [2.75, 3.05) is 44.7 Å². The number of hydrogen-bond acceptors (Lipinski definition) is 3. The highest BCUT2D eigenvalue weighted by molar-refractivity contribution is 6.14. The van der Waals surface area contributed by atoms with Gasteiger partial charge in [-0.25, -0.2) is 0 Å². The third-order valence-electron chi connectivity index (χ3n) is 6.92. The maximum absolute atomic E-state index is 13.8. The predicted molar refractivity (Wildman–Crippen MR) is 138 cm³/mol. The van der Waals surface area contributed by atoms with Gasteiger partial charge in [0.2, 0.25) is 5.78 Å². The van der Waals surface area contributed by atoms with Crippen LogP contribution in [0.5, 0.6) is 5.75 Å². The van der Waals surface area contributed by atoms with Gasteiger partial charge in [-0.15, -0.1) is 0 Å². The minimum Gasteiger partial charge on any atom is -0.495 e. The van der Waals surface area contributed by atoms with Crippen molar-refractivity contribution in [1.82, 2.24) is 4.57 Å². The lowest BCUT2D eigenvalue weighted by Crippen LogP contribution is -3.15. The number of nitrogens with zero attached hydrogens (tertiary/aromatic N) is 2. The van der Waals surface area contributed by atoms with E-state index >= 15 is 0 Å². The quantitative estimate of drug-likeness (QED) is 0.430. The molecule has 1 N–H and O–H groups in total. The molecule has 5 rings (SSSR count). The molecule has 1 saturated heterocycles. The lowest BCUT2D eigenvalue weighted by molar-refractivity contribution is -0.892. The Morgan fingerprint density at radius 1 is 0.912 bits per heavy atom. The fraction of sp³-hybridized carbons (Fsp3) is 0.276. The molecule has 0 amide bonds. The summed E-state index contributed by atoms with van der Waals surface area (Å²) in [6.45, 7) is 7.15. The Morgan fingerprint density at radius 3 is 2.32 bits per heavy atom. The summed E-state index contributed by atoms with van der Waals surface area (Å²) in [7, 11) is 1.72. The van der Waals surface area contributed by atoms with Gasteiger partial charge in [-0.05, 0) is 30.7 Å². The minimum atomic E-state index is 0.225. The van der Waals surface area contributed by atoms with Crippen LogP contribution in [0.3, 0.4) is 0 Å². The first kappa shape index (κ1) is 22.2. The topological polar surface area (TPSA) is 38.9 Å². The van der Waals surface area contributed by atoms with E-state index in [1.54, 1.807) is 7.11 Å². The molecule has 4 aromatic rings. The van der Waals surface area contributed by atoms with Crippen LogP contribution in [0.2, 0.25) is 0 Å². The van der Waals surface area contributed by atoms with Crippen molar-refractivity contribution < 1.29 is 14.4 Å². The second kappa shape index (κ2) is 9.74. The van der Waals surface area contributed by atoms with E-state index in [4.69, 9.17) is 4.74 Å². The summed E-state index contributed by atoms with van der Waals surface area (Å²) < 4.78 is 7.84. The Balaban J connectivity index is 1.41. The van der Waals surface area contributed by atoms with Gasteiger partial charge < -0.3 is 19.1 Å². The number of Topliss-reactive ketones (excluding diaryl/α,β-unsaturated/α-hetero) is 1. The van der Waals surface area contributed by atoms with Crippen molar-refractivity contribution in [2.24, 2.45) is 0 Å². The Morgan fingerprint density at radius 2 is 1.59 bits per heavy atom. The highest BCUT2D eigenvalue weighted by Gasteiger charge is 2.28. The molecule has 3 aromatic carbocycles. The molecule has 34 heavy (non-hydrogen) atoms. The average Bonchev–Trinajstić information content (AvgIpc) is 3.24. The van der Waals surface area contributed by atoms with Crippen molar-refractivity contribution in [2.45, 2.75) is 13.5 Å². The Kier molecular flexibility index (Phi) is 6.37. The maximum Gasteiger partial charge on any atom is 0.219 e. The molecular formula is C29H32N3O2+. The van der Waals surface area contributed by atoms with Crippen molar-refractivity contribution >= 4 is 22.4 Å². The number of aromatic nitrogens is 1. The van der Waals surface area contributed by atoms with E-state index in [9.17, 15) is 4.79 Å². The van der Waals surface area contributed by atoms with Gasteiger partial charge in [-0.2, -0.15) is 0 Å². The number of rotatable bonds is 7. The van der Waals surface area contributed by atoms with Crippen molar-refractivity contribution in [3.05, 3.63) is 84.4 Å². The number of hydrogen-bond donors (Lipinski definition) is 1. The molecule has 0 bridgehead atoms. The molecule has 1 aliphatic rings. The SMILES string of the molecule is CCn1c(-c2ccccc2)c(C(=O)C[NH+]2CCN(c3ccccc3OC)CC2)c2ccccc21. The molecule has 5 heteroatoms. The first-order valence-electron chi connectivity index (χ1n) is 12.1. The number of methoxy groups -OCH3 is 1. The number of para-hydroxylation sites is 3. The van der Waals surface area contributed by atoms with Crippen LogP contribution in [0.15, 0.2) is 78.9 Å². The van der Waals surface area contributed by atoms with E-state index in [0.717, 1.165) is 71.9 Å². The first-order valence-corrected chi connectivity index (χ1v) is 12.1. The minimum absolute atomic E-state index is 0.225. The molecule has 0 atom stereocenters. The molecule has 2 heterocycles. The lowest BCUT2D eigenvalue weighted by atomic mass is 10.0. The van der Waals surface area contributed by atoms with Crippen LogP contribution < -0.4 is 14.5 Å². The summed E-state index contributed by atoms with van der Waals surface area (Å²) in [5, 5.41) is 1.06. The lowest BCUT2D eigenvalue weighted by Gasteiger charge is -2.34. The highest BCUT2D eigenvalue weighted by Crippen LogP contribution is 2.34. The third kappa shape index (κ3) is 4.08. The fourth-order valence-electron chi connectivity index (χ4n) is 5.26. The number of carbonyl (C=O) groups excluding carboxylic acids is 1. The van der Waals surface area contributed by atoms with Crippen molar-refractivity contribution in [3.8, 4) is 17.0 Å². The summed E-state index contributed by atoms with van der Waals surface area (Å²) in [4.78, 5) is 17.5. The van der Waals surface area contributed by atoms with E-state index in [0.29, 0.717) is 6.54 Å². The largest absolute Gasteiger partial charge is 0.495 e. The van der Waals surface area contributed by atoms with Crippen LogP contribution in [0.1, 0.15) is 17.3 Å². The van der Waals surface area contributed by atoms with Crippen LogP contribution in [0, 0.1) is 0 Å². The summed E-state index contributed by atoms with van der Waals surface area (Å²) in [6.07, 6.45) is 0. The van der Waals surface area contributed by atoms with Gasteiger partial charge in [-0.3, -0.25) is 4.79 Å². The standard InChI is InChI=1S/C29H31N3O2/c1-3-32-24-14-8-7-13-23(24)28(29(32)22-11-5-4-6-12-22)26(33)21-30-17-19-31(20-18-30)25-15-9-10-16-27(25)34-2/h4-16H,3,17-21H2,1-2H3/p+1. The van der Waals surface area contributed by atoms with Crippen LogP contribution in [-0.2, 0) is 6.54 Å². The van der Waals surface area contributed by atoms with E-state index in [-0.39, 0.29) is 5.78 Å². The molecule has 1 aliphatic heterocycles. The Bertz CT molecular complexity index is 1290. The van der Waals surface area contributed by atoms with Crippen LogP contribution >= 0.6 is 0 Å². The van der Waals surface area contributed by atoms with Gasteiger partial charge in [-0.1, -0.05) is 60.7 Å². The number of ether oxygens (including phenoxy) is 1. The second-order valence-electron chi connectivity index (χ2n) is 8.86. The number of carbonyl (C=O) groups is 1. The smallest absolute Gasteiger partial charge is 0.219 e. The molecule has 174 valence electrons. The van der Waals surface area contributed by atoms with Crippen LogP contribution in [0.25, 0.3) is 22.2 Å². The number of aryl methyl sites for hydroxylation is 1. The summed E-state index contributed by atoms with van der Waals surface area (Å²) >= 11 is 0. The zero-order valence-corrected chi connectivity index (χ0v) is 20.0. The van der Waals surface area contributed by atoms with Crippen LogP contribution in [-0.4, -0.2) is 50.2 Å². The average molecular weight is 455 g/mol. The number of benzene rings is 3. The molecule has 1 fully saturated rings. The van der Waals surface area contributed by atoms with Gasteiger partial charge >= 0.3 is 0 Å². The van der Waals surface area contributed by atoms with Crippen molar-refractivity contribution in [3.63, 3.8) is 0 Å². The number of anilines is 1. The zero-order valence-electron chi connectivity index (χ0n) is 20.0. The highest BCUT2D eigenvalue weighted by atomic mass is 16.5. The van der Waals surface area contributed by atoms with E-state index in [1.165, 1.54) is 4.90 Å². The summed E-state index contributed by atoms with van der Waals surface area (Å²) in [6, 6.07) is 26.8. The van der Waals surface area contributed by atoms with Gasteiger partial charge in [0, 0.05) is 17.4 Å². The normalized spacial score (nSPS) is 14.5. The first-order chi connectivity index (χ1) is 16.7. The van der Waals surface area contributed by atoms with Gasteiger partial charge in [0.15, 0.2) is 0 Å². The number of quaternary nitrogens is 1. The van der Waals surface area contributed by atoms with Crippen LogP contribution in [0.4, 0.5) is 5.69 Å². The van der Waals surface area contributed by atoms with E-state index in [1.807, 2.05) is 36.4 Å². The van der Waals surface area contributed by atoms with Gasteiger partial charge in [0.05, 0.1) is 50.2 Å². The number of piperazine rings is 1. The summed E-state index contributed by atoms with van der Waals surface area (Å²) in [5.41, 5.74) is 5.26. The Hall–Kier alpha value is -3.57. The maximum atomic E-state index is 13.8. The van der Waals surface area contributed by atoms with E-state index < -0.39 is 0 Å². The molecular weight excluding hydrogens is 422 g/mol. The molecule has 1 aromatic heterocycles. The Labute approximate surface area is 201 Å². The predicted octanol–water partition coefficient (Wildman–Crippen LogP) is 3.92. The van der Waals surface area contributed by atoms with Gasteiger partial charge in [0.1, 0.15) is 12.3 Å². The molecule has 0 unspecified atom stereocenters. The van der Waals surface area contributed by atoms with E-state index in [2.05, 4.69) is 58.9 Å². The summed E-state index contributed by atoms with van der Waals surface area (Å²) in [5.74, 6) is 1.13. The number of nitrogens with one attached hydrogen (secondary N) is 1. The molecule has 0 spiro atoms.